The van der Waals surface area contributed by atoms with E-state index in [0.29, 0.717) is 18.0 Å². The van der Waals surface area contributed by atoms with Crippen molar-refractivity contribution in [2.75, 3.05) is 5.32 Å². The standard InChI is InChI=1S/C16H16BrClN6O/c1-2-14(24-9-12(17)7-20-24)15(25)21-16-19-10-23(22-16)8-11-5-3-4-6-13(11)18/h3-7,9-10,14H,2,8H2,1H3,(H,21,22,25). The largest absolute Gasteiger partial charge is 0.291 e. The van der Waals surface area contributed by atoms with E-state index in [1.807, 2.05) is 31.2 Å². The first-order valence-electron chi connectivity index (χ1n) is 7.70. The minimum atomic E-state index is -0.429. The molecule has 25 heavy (non-hydrogen) atoms. The molecule has 3 rings (SSSR count). The lowest BCUT2D eigenvalue weighted by atomic mass is 10.2. The highest BCUT2D eigenvalue weighted by molar-refractivity contribution is 9.10. The lowest BCUT2D eigenvalue weighted by Crippen LogP contribution is -2.26. The molecule has 3 aromatic rings. The number of benzene rings is 1. The number of hydrogen-bond donors (Lipinski definition) is 1. The molecule has 1 atom stereocenters. The molecule has 0 spiro atoms. The van der Waals surface area contributed by atoms with Gasteiger partial charge in [0.25, 0.3) is 5.91 Å². The Labute approximate surface area is 158 Å². The van der Waals surface area contributed by atoms with Gasteiger partial charge in [-0.25, -0.2) is 9.67 Å². The molecule has 0 saturated heterocycles. The Morgan fingerprint density at radius 2 is 2.20 bits per heavy atom. The maximum absolute atomic E-state index is 12.5. The average molecular weight is 424 g/mol. The van der Waals surface area contributed by atoms with Gasteiger partial charge in [-0.05, 0) is 34.0 Å². The molecule has 0 aliphatic carbocycles. The Balaban J connectivity index is 1.68. The second kappa shape index (κ2) is 7.79. The van der Waals surface area contributed by atoms with Crippen LogP contribution in [0.3, 0.4) is 0 Å². The Morgan fingerprint density at radius 1 is 1.40 bits per heavy atom. The van der Waals surface area contributed by atoms with Crippen molar-refractivity contribution >= 4 is 39.4 Å². The fourth-order valence-corrected chi connectivity index (χ4v) is 2.90. The summed E-state index contributed by atoms with van der Waals surface area (Å²) in [6, 6.07) is 7.10. The second-order valence-electron chi connectivity index (χ2n) is 5.41. The van der Waals surface area contributed by atoms with Gasteiger partial charge in [-0.15, -0.1) is 5.10 Å². The zero-order valence-electron chi connectivity index (χ0n) is 13.4. The minimum Gasteiger partial charge on any atom is -0.291 e. The number of carbonyl (C=O) groups excluding carboxylic acids is 1. The molecule has 2 aromatic heterocycles. The first-order chi connectivity index (χ1) is 12.1. The number of nitrogens with zero attached hydrogens (tertiary/aromatic N) is 5. The molecule has 0 saturated carbocycles. The zero-order chi connectivity index (χ0) is 17.8. The molecule has 0 fully saturated rings. The maximum Gasteiger partial charge on any atom is 0.251 e. The molecular formula is C16H16BrClN6O. The fraction of sp³-hybridized carbons (Fsp3) is 0.250. The summed E-state index contributed by atoms with van der Waals surface area (Å²) < 4.78 is 4.06. The third-order valence-electron chi connectivity index (χ3n) is 3.64. The fourth-order valence-electron chi connectivity index (χ4n) is 2.40. The predicted octanol–water partition coefficient (Wildman–Crippen LogP) is 3.53. The molecule has 1 amide bonds. The first-order valence-corrected chi connectivity index (χ1v) is 8.87. The van der Waals surface area contributed by atoms with Crippen LogP contribution in [-0.4, -0.2) is 30.5 Å². The smallest absolute Gasteiger partial charge is 0.251 e. The van der Waals surface area contributed by atoms with Crippen LogP contribution in [0.15, 0.2) is 47.5 Å². The molecule has 9 heteroatoms. The quantitative estimate of drug-likeness (QED) is 0.658. The average Bonchev–Trinajstić information content (AvgIpc) is 3.20. The summed E-state index contributed by atoms with van der Waals surface area (Å²) in [6.07, 6.45) is 5.56. The van der Waals surface area contributed by atoms with E-state index in [0.717, 1.165) is 10.0 Å². The lowest BCUT2D eigenvalue weighted by molar-refractivity contribution is -0.119. The van der Waals surface area contributed by atoms with Crippen molar-refractivity contribution in [3.8, 4) is 0 Å². The maximum atomic E-state index is 12.5. The van der Waals surface area contributed by atoms with Crippen LogP contribution < -0.4 is 5.32 Å². The van der Waals surface area contributed by atoms with Gasteiger partial charge in [-0.3, -0.25) is 14.8 Å². The van der Waals surface area contributed by atoms with E-state index in [-0.39, 0.29) is 11.9 Å². The summed E-state index contributed by atoms with van der Waals surface area (Å²) in [7, 11) is 0. The van der Waals surface area contributed by atoms with Gasteiger partial charge in [0.2, 0.25) is 5.95 Å². The Kier molecular flexibility index (Phi) is 5.50. The van der Waals surface area contributed by atoms with Crippen LogP contribution in [0.1, 0.15) is 24.9 Å². The number of halogens is 2. The normalized spacial score (nSPS) is 12.1. The molecule has 0 aliphatic heterocycles. The highest BCUT2D eigenvalue weighted by Gasteiger charge is 2.20. The van der Waals surface area contributed by atoms with E-state index >= 15 is 0 Å². The van der Waals surface area contributed by atoms with Crippen molar-refractivity contribution in [1.82, 2.24) is 24.5 Å². The number of carbonyl (C=O) groups is 1. The Hall–Kier alpha value is -2.19. The van der Waals surface area contributed by atoms with E-state index in [2.05, 4.69) is 36.4 Å². The monoisotopic (exact) mass is 422 g/mol. The summed E-state index contributed by atoms with van der Waals surface area (Å²) in [5.74, 6) is 0.0373. The second-order valence-corrected chi connectivity index (χ2v) is 6.73. The number of rotatable bonds is 6. The number of amides is 1. The van der Waals surface area contributed by atoms with Gasteiger partial charge >= 0.3 is 0 Å². The van der Waals surface area contributed by atoms with Crippen molar-refractivity contribution in [2.45, 2.75) is 25.9 Å². The molecule has 0 radical (unpaired) electrons. The van der Waals surface area contributed by atoms with Crippen LogP contribution >= 0.6 is 27.5 Å². The topological polar surface area (TPSA) is 77.6 Å². The molecule has 1 unspecified atom stereocenters. The zero-order valence-corrected chi connectivity index (χ0v) is 15.8. The number of hydrogen-bond acceptors (Lipinski definition) is 4. The van der Waals surface area contributed by atoms with Gasteiger partial charge < -0.3 is 0 Å². The summed E-state index contributed by atoms with van der Waals surface area (Å²) in [4.78, 5) is 16.6. The van der Waals surface area contributed by atoms with E-state index in [9.17, 15) is 4.79 Å². The van der Waals surface area contributed by atoms with Gasteiger partial charge in [-0.1, -0.05) is 36.7 Å². The molecule has 7 nitrogen and oxygen atoms in total. The number of anilines is 1. The van der Waals surface area contributed by atoms with Crippen molar-refractivity contribution in [3.05, 3.63) is 58.0 Å². The van der Waals surface area contributed by atoms with Crippen LogP contribution in [-0.2, 0) is 11.3 Å². The van der Waals surface area contributed by atoms with Gasteiger partial charge in [0.15, 0.2) is 0 Å². The highest BCUT2D eigenvalue weighted by Crippen LogP contribution is 2.18. The van der Waals surface area contributed by atoms with Crippen molar-refractivity contribution in [3.63, 3.8) is 0 Å². The van der Waals surface area contributed by atoms with Crippen molar-refractivity contribution < 1.29 is 4.79 Å². The Morgan fingerprint density at radius 3 is 2.88 bits per heavy atom. The summed E-state index contributed by atoms with van der Waals surface area (Å²) in [5, 5.41) is 11.8. The van der Waals surface area contributed by atoms with Gasteiger partial charge in [0, 0.05) is 11.2 Å². The van der Waals surface area contributed by atoms with Crippen LogP contribution in [0, 0.1) is 0 Å². The van der Waals surface area contributed by atoms with E-state index in [1.165, 1.54) is 0 Å². The molecule has 130 valence electrons. The van der Waals surface area contributed by atoms with Crippen LogP contribution in [0.5, 0.6) is 0 Å². The van der Waals surface area contributed by atoms with Crippen LogP contribution in [0.2, 0.25) is 5.02 Å². The number of aromatic nitrogens is 5. The number of nitrogens with one attached hydrogen (secondary N) is 1. The third kappa shape index (κ3) is 4.26. The minimum absolute atomic E-state index is 0.214. The molecular weight excluding hydrogens is 408 g/mol. The van der Waals surface area contributed by atoms with E-state index in [1.54, 1.807) is 28.1 Å². The van der Waals surface area contributed by atoms with Crippen LogP contribution in [0.25, 0.3) is 0 Å². The van der Waals surface area contributed by atoms with Gasteiger partial charge in [0.05, 0.1) is 17.2 Å². The summed E-state index contributed by atoms with van der Waals surface area (Å²) in [6.45, 7) is 2.40. The molecule has 0 bridgehead atoms. The summed E-state index contributed by atoms with van der Waals surface area (Å²) >= 11 is 9.48. The molecule has 0 aliphatic rings. The predicted molar refractivity (Wildman–Crippen MR) is 98.5 cm³/mol. The lowest BCUT2D eigenvalue weighted by Gasteiger charge is -2.13. The molecule has 2 heterocycles. The highest BCUT2D eigenvalue weighted by atomic mass is 79.9. The molecule has 1 N–H and O–H groups in total. The third-order valence-corrected chi connectivity index (χ3v) is 4.42. The van der Waals surface area contributed by atoms with Gasteiger partial charge in [0.1, 0.15) is 12.4 Å². The van der Waals surface area contributed by atoms with Crippen molar-refractivity contribution in [1.29, 1.82) is 0 Å². The SMILES string of the molecule is CCC(C(=O)Nc1ncn(Cc2ccccc2Cl)n1)n1cc(Br)cn1. The Bertz CT molecular complexity index is 877. The molecule has 1 aromatic carbocycles. The van der Waals surface area contributed by atoms with Gasteiger partial charge in [-0.2, -0.15) is 5.10 Å². The van der Waals surface area contributed by atoms with Crippen LogP contribution in [0.4, 0.5) is 5.95 Å². The summed E-state index contributed by atoms with van der Waals surface area (Å²) in [5.41, 5.74) is 0.930. The van der Waals surface area contributed by atoms with Crippen molar-refractivity contribution in [2.24, 2.45) is 0 Å². The van der Waals surface area contributed by atoms with E-state index in [4.69, 9.17) is 11.6 Å². The van der Waals surface area contributed by atoms with E-state index < -0.39 is 6.04 Å². The first kappa shape index (κ1) is 17.6.